The molecule has 1 heterocycles. The van der Waals surface area contributed by atoms with Crippen LogP contribution in [0.25, 0.3) is 0 Å². The number of carbonyl (C=O) groups excluding carboxylic acids is 1. The molecule has 1 saturated heterocycles. The van der Waals surface area contributed by atoms with Crippen LogP contribution in [0.5, 0.6) is 0 Å². The Labute approximate surface area is 142 Å². The SMILES string of the molecule is Cc1ccc(NC(=O)C2CC(c3ccc(Br)cc3)NN2)cc1F. The molecule has 3 N–H and O–H groups in total. The van der Waals surface area contributed by atoms with Crippen LogP contribution < -0.4 is 16.2 Å². The molecule has 0 bridgehead atoms. The highest BCUT2D eigenvalue weighted by molar-refractivity contribution is 9.10. The van der Waals surface area contributed by atoms with Crippen LogP contribution in [0.4, 0.5) is 10.1 Å². The van der Waals surface area contributed by atoms with Gasteiger partial charge in [-0.25, -0.2) is 15.2 Å². The molecule has 23 heavy (non-hydrogen) atoms. The van der Waals surface area contributed by atoms with Gasteiger partial charge in [0.2, 0.25) is 5.91 Å². The van der Waals surface area contributed by atoms with Gasteiger partial charge in [-0.15, -0.1) is 0 Å². The van der Waals surface area contributed by atoms with Gasteiger partial charge < -0.3 is 5.32 Å². The van der Waals surface area contributed by atoms with Crippen LogP contribution >= 0.6 is 15.9 Å². The Bertz CT molecular complexity index is 720. The Kier molecular flexibility index (Phi) is 4.75. The highest BCUT2D eigenvalue weighted by atomic mass is 79.9. The molecule has 2 atom stereocenters. The van der Waals surface area contributed by atoms with E-state index in [0.717, 1.165) is 10.0 Å². The maximum Gasteiger partial charge on any atom is 0.242 e. The number of halogens is 2. The Morgan fingerprint density at radius 1 is 1.22 bits per heavy atom. The maximum atomic E-state index is 13.5. The molecular formula is C17H17BrFN3O. The molecule has 3 rings (SSSR count). The van der Waals surface area contributed by atoms with E-state index in [0.29, 0.717) is 17.7 Å². The van der Waals surface area contributed by atoms with Crippen molar-refractivity contribution >= 4 is 27.5 Å². The summed E-state index contributed by atoms with van der Waals surface area (Å²) in [6.45, 7) is 1.69. The van der Waals surface area contributed by atoms with Crippen LogP contribution in [0.1, 0.15) is 23.6 Å². The molecule has 0 aromatic heterocycles. The number of hydrazine groups is 1. The van der Waals surface area contributed by atoms with E-state index in [9.17, 15) is 9.18 Å². The third kappa shape index (κ3) is 3.77. The van der Waals surface area contributed by atoms with Crippen molar-refractivity contribution in [2.45, 2.75) is 25.4 Å². The zero-order chi connectivity index (χ0) is 16.4. The van der Waals surface area contributed by atoms with Crippen molar-refractivity contribution in [3.8, 4) is 0 Å². The zero-order valence-corrected chi connectivity index (χ0v) is 14.2. The predicted octanol–water partition coefficient (Wildman–Crippen LogP) is 3.44. The fraction of sp³-hybridized carbons (Fsp3) is 0.235. The van der Waals surface area contributed by atoms with Crippen molar-refractivity contribution in [1.29, 1.82) is 0 Å². The summed E-state index contributed by atoms with van der Waals surface area (Å²) >= 11 is 3.41. The Hall–Kier alpha value is -1.76. The lowest BCUT2D eigenvalue weighted by Crippen LogP contribution is -2.39. The smallest absolute Gasteiger partial charge is 0.242 e. The molecule has 2 unspecified atom stereocenters. The number of aryl methyl sites for hydroxylation is 1. The third-order valence-corrected chi connectivity index (χ3v) is 4.46. The van der Waals surface area contributed by atoms with Crippen LogP contribution in [0, 0.1) is 12.7 Å². The minimum atomic E-state index is -0.368. The highest BCUT2D eigenvalue weighted by Crippen LogP contribution is 2.24. The summed E-state index contributed by atoms with van der Waals surface area (Å²) in [4.78, 5) is 12.3. The summed E-state index contributed by atoms with van der Waals surface area (Å²) in [6, 6.07) is 12.3. The first-order chi connectivity index (χ1) is 11.0. The standard InChI is InChI=1S/C17H17BrFN3O/c1-10-2-7-13(8-14(10)19)20-17(23)16-9-15(21-22-16)11-3-5-12(18)6-4-11/h2-8,15-16,21-22H,9H2,1H3,(H,20,23). The third-order valence-electron chi connectivity index (χ3n) is 3.93. The van der Waals surface area contributed by atoms with Crippen LogP contribution in [0.2, 0.25) is 0 Å². The van der Waals surface area contributed by atoms with Crippen LogP contribution in [0.3, 0.4) is 0 Å². The Morgan fingerprint density at radius 3 is 2.65 bits per heavy atom. The van der Waals surface area contributed by atoms with E-state index in [1.54, 1.807) is 19.1 Å². The van der Waals surface area contributed by atoms with Gasteiger partial charge in [-0.2, -0.15) is 0 Å². The summed E-state index contributed by atoms with van der Waals surface area (Å²) in [5.41, 5.74) is 8.26. The minimum absolute atomic E-state index is 0.0635. The Balaban J connectivity index is 1.63. The fourth-order valence-electron chi connectivity index (χ4n) is 2.54. The van der Waals surface area contributed by atoms with E-state index in [2.05, 4.69) is 32.1 Å². The minimum Gasteiger partial charge on any atom is -0.325 e. The summed E-state index contributed by atoms with van der Waals surface area (Å²) in [5, 5.41) is 2.74. The summed E-state index contributed by atoms with van der Waals surface area (Å²) in [5.74, 6) is -0.506. The van der Waals surface area contributed by atoms with Gasteiger partial charge >= 0.3 is 0 Å². The maximum absolute atomic E-state index is 13.5. The molecule has 1 fully saturated rings. The van der Waals surface area contributed by atoms with Gasteiger partial charge in [0.05, 0.1) is 0 Å². The van der Waals surface area contributed by atoms with Crippen molar-refractivity contribution in [3.05, 3.63) is 63.9 Å². The van der Waals surface area contributed by atoms with Crippen molar-refractivity contribution in [2.24, 2.45) is 0 Å². The van der Waals surface area contributed by atoms with E-state index in [1.165, 1.54) is 6.07 Å². The van der Waals surface area contributed by atoms with Crippen LogP contribution in [-0.4, -0.2) is 11.9 Å². The normalized spacial score (nSPS) is 20.5. The lowest BCUT2D eigenvalue weighted by Gasteiger charge is -2.11. The molecule has 0 radical (unpaired) electrons. The first-order valence-corrected chi connectivity index (χ1v) is 8.16. The van der Waals surface area contributed by atoms with Gasteiger partial charge in [0, 0.05) is 16.2 Å². The average molecular weight is 378 g/mol. The molecular weight excluding hydrogens is 361 g/mol. The number of hydrogen-bond acceptors (Lipinski definition) is 3. The van der Waals surface area contributed by atoms with Crippen molar-refractivity contribution < 1.29 is 9.18 Å². The van der Waals surface area contributed by atoms with Crippen molar-refractivity contribution in [1.82, 2.24) is 10.9 Å². The van der Waals surface area contributed by atoms with Gasteiger partial charge in [-0.1, -0.05) is 34.1 Å². The number of carbonyl (C=O) groups is 1. The van der Waals surface area contributed by atoms with Gasteiger partial charge in [0.1, 0.15) is 11.9 Å². The summed E-state index contributed by atoms with van der Waals surface area (Å²) < 4.78 is 14.6. The number of rotatable bonds is 3. The molecule has 0 spiro atoms. The molecule has 6 heteroatoms. The molecule has 1 aliphatic heterocycles. The van der Waals surface area contributed by atoms with E-state index < -0.39 is 0 Å². The lowest BCUT2D eigenvalue weighted by atomic mass is 10.0. The number of nitrogens with one attached hydrogen (secondary N) is 3. The van der Waals surface area contributed by atoms with E-state index in [4.69, 9.17) is 0 Å². The molecule has 0 saturated carbocycles. The fourth-order valence-corrected chi connectivity index (χ4v) is 2.81. The zero-order valence-electron chi connectivity index (χ0n) is 12.6. The van der Waals surface area contributed by atoms with Crippen molar-refractivity contribution in [3.63, 3.8) is 0 Å². The van der Waals surface area contributed by atoms with Crippen LogP contribution in [-0.2, 0) is 4.79 Å². The van der Waals surface area contributed by atoms with Gasteiger partial charge in [0.15, 0.2) is 0 Å². The van der Waals surface area contributed by atoms with Crippen molar-refractivity contribution in [2.75, 3.05) is 5.32 Å². The molecule has 120 valence electrons. The second-order valence-electron chi connectivity index (χ2n) is 5.63. The quantitative estimate of drug-likeness (QED) is 0.767. The van der Waals surface area contributed by atoms with E-state index in [-0.39, 0.29) is 23.8 Å². The number of amides is 1. The highest BCUT2D eigenvalue weighted by Gasteiger charge is 2.30. The lowest BCUT2D eigenvalue weighted by molar-refractivity contribution is -0.117. The first-order valence-electron chi connectivity index (χ1n) is 7.36. The molecule has 1 aliphatic rings. The first kappa shape index (κ1) is 16.1. The van der Waals surface area contributed by atoms with Gasteiger partial charge in [-0.05, 0) is 48.7 Å². The number of benzene rings is 2. The van der Waals surface area contributed by atoms with Gasteiger partial charge in [0.25, 0.3) is 0 Å². The summed E-state index contributed by atoms with van der Waals surface area (Å²) in [7, 11) is 0. The second kappa shape index (κ2) is 6.78. The average Bonchev–Trinajstić information content (AvgIpc) is 3.02. The molecule has 2 aromatic carbocycles. The van der Waals surface area contributed by atoms with E-state index in [1.807, 2.05) is 24.3 Å². The largest absolute Gasteiger partial charge is 0.325 e. The number of hydrogen-bond donors (Lipinski definition) is 3. The molecule has 2 aromatic rings. The monoisotopic (exact) mass is 377 g/mol. The summed E-state index contributed by atoms with van der Waals surface area (Å²) in [6.07, 6.45) is 0.627. The predicted molar refractivity (Wildman–Crippen MR) is 91.3 cm³/mol. The number of anilines is 1. The Morgan fingerprint density at radius 2 is 1.96 bits per heavy atom. The van der Waals surface area contributed by atoms with Crippen LogP contribution in [0.15, 0.2) is 46.9 Å². The second-order valence-corrected chi connectivity index (χ2v) is 6.55. The molecule has 1 amide bonds. The topological polar surface area (TPSA) is 53.2 Å². The molecule has 0 aliphatic carbocycles. The van der Waals surface area contributed by atoms with E-state index >= 15 is 0 Å². The molecule has 4 nitrogen and oxygen atoms in total. The van der Waals surface area contributed by atoms with Gasteiger partial charge in [-0.3, -0.25) is 4.79 Å².